The minimum atomic E-state index is -0.226. The van der Waals surface area contributed by atoms with E-state index in [0.29, 0.717) is 10.8 Å². The maximum Gasteiger partial charge on any atom is 0.276 e. The van der Waals surface area contributed by atoms with Gasteiger partial charge in [0.25, 0.3) is 5.91 Å². The molecule has 1 N–H and O–H groups in total. The number of likely N-dealkylation sites (tertiary alicyclic amines) is 1. The Morgan fingerprint density at radius 2 is 2.31 bits per heavy atom. The average Bonchev–Trinajstić information content (AvgIpc) is 3.38. The molecule has 0 radical (unpaired) electrons. The van der Waals surface area contributed by atoms with Gasteiger partial charge in [0.05, 0.1) is 23.8 Å². The van der Waals surface area contributed by atoms with Crippen molar-refractivity contribution in [3.8, 4) is 0 Å². The lowest BCUT2D eigenvalue weighted by molar-refractivity contribution is 0.102. The standard InChI is InChI=1S/C18H20N6OS/c1-23-10-13(20-12-23)11-24-8-3-6-16(24)14-4-2-5-15(21-14)17(25)22-18-19-7-9-26-18/h2,4-5,7,9-10,12,16H,3,6,8,11H2,1H3,(H,19,22,25)/t16-/m1/s1. The van der Waals surface area contributed by atoms with Crippen LogP contribution in [0.4, 0.5) is 5.13 Å². The van der Waals surface area contributed by atoms with Crippen molar-refractivity contribution in [1.29, 1.82) is 0 Å². The van der Waals surface area contributed by atoms with Crippen molar-refractivity contribution in [2.75, 3.05) is 11.9 Å². The van der Waals surface area contributed by atoms with Crippen LogP contribution in [0.2, 0.25) is 0 Å². The van der Waals surface area contributed by atoms with Crippen LogP contribution in [0, 0.1) is 0 Å². The molecule has 1 aliphatic rings. The minimum Gasteiger partial charge on any atom is -0.340 e. The summed E-state index contributed by atoms with van der Waals surface area (Å²) in [6.45, 7) is 1.81. The molecule has 1 fully saturated rings. The van der Waals surface area contributed by atoms with E-state index >= 15 is 0 Å². The van der Waals surface area contributed by atoms with Gasteiger partial charge in [-0.1, -0.05) is 6.07 Å². The van der Waals surface area contributed by atoms with E-state index in [1.807, 2.05) is 41.7 Å². The Morgan fingerprint density at radius 3 is 3.08 bits per heavy atom. The Morgan fingerprint density at radius 1 is 1.38 bits per heavy atom. The minimum absolute atomic E-state index is 0.213. The maximum atomic E-state index is 12.4. The molecule has 1 amide bonds. The Balaban J connectivity index is 1.50. The first kappa shape index (κ1) is 16.9. The van der Waals surface area contributed by atoms with Crippen molar-refractivity contribution < 1.29 is 4.79 Å². The zero-order valence-electron chi connectivity index (χ0n) is 14.5. The fourth-order valence-electron chi connectivity index (χ4n) is 3.32. The highest BCUT2D eigenvalue weighted by molar-refractivity contribution is 7.13. The summed E-state index contributed by atoms with van der Waals surface area (Å²) in [7, 11) is 1.98. The molecule has 0 saturated carbocycles. The van der Waals surface area contributed by atoms with Crippen molar-refractivity contribution >= 4 is 22.4 Å². The lowest BCUT2D eigenvalue weighted by Gasteiger charge is -2.23. The molecule has 1 aliphatic heterocycles. The second-order valence-electron chi connectivity index (χ2n) is 6.40. The molecule has 7 nitrogen and oxygen atoms in total. The van der Waals surface area contributed by atoms with E-state index in [9.17, 15) is 4.79 Å². The highest BCUT2D eigenvalue weighted by atomic mass is 32.1. The summed E-state index contributed by atoms with van der Waals surface area (Å²) < 4.78 is 1.96. The Hall–Kier alpha value is -2.58. The van der Waals surface area contributed by atoms with Gasteiger partial charge in [-0.05, 0) is 31.5 Å². The van der Waals surface area contributed by atoms with Gasteiger partial charge in [0, 0.05) is 31.4 Å². The third-order valence-corrected chi connectivity index (χ3v) is 5.17. The molecule has 0 aromatic carbocycles. The maximum absolute atomic E-state index is 12.4. The number of aromatic nitrogens is 4. The van der Waals surface area contributed by atoms with E-state index in [1.165, 1.54) is 11.3 Å². The van der Waals surface area contributed by atoms with Gasteiger partial charge in [0.1, 0.15) is 5.69 Å². The molecule has 3 aromatic heterocycles. The number of hydrogen-bond donors (Lipinski definition) is 1. The molecule has 0 unspecified atom stereocenters. The summed E-state index contributed by atoms with van der Waals surface area (Å²) >= 11 is 1.39. The largest absolute Gasteiger partial charge is 0.340 e. The monoisotopic (exact) mass is 368 g/mol. The van der Waals surface area contributed by atoms with Gasteiger partial charge in [-0.15, -0.1) is 11.3 Å². The van der Waals surface area contributed by atoms with E-state index in [0.717, 1.165) is 37.3 Å². The van der Waals surface area contributed by atoms with Crippen LogP contribution in [0.3, 0.4) is 0 Å². The molecule has 3 aromatic rings. The highest BCUT2D eigenvalue weighted by Gasteiger charge is 2.28. The molecule has 134 valence electrons. The summed E-state index contributed by atoms with van der Waals surface area (Å²) in [6, 6.07) is 5.85. The van der Waals surface area contributed by atoms with Gasteiger partial charge < -0.3 is 4.57 Å². The van der Waals surface area contributed by atoms with E-state index < -0.39 is 0 Å². The van der Waals surface area contributed by atoms with Crippen molar-refractivity contribution in [2.45, 2.75) is 25.4 Å². The topological polar surface area (TPSA) is 75.9 Å². The number of hydrogen-bond acceptors (Lipinski definition) is 6. The second-order valence-corrected chi connectivity index (χ2v) is 7.29. The SMILES string of the molecule is Cn1cnc(CN2CCC[C@@H]2c2cccc(C(=O)Nc3nccs3)n2)c1. The molecule has 4 heterocycles. The smallest absolute Gasteiger partial charge is 0.276 e. The van der Waals surface area contributed by atoms with Crippen LogP contribution in [-0.2, 0) is 13.6 Å². The van der Waals surface area contributed by atoms with Crippen molar-refractivity contribution in [3.05, 3.63) is 59.4 Å². The lowest BCUT2D eigenvalue weighted by Crippen LogP contribution is -2.24. The zero-order valence-corrected chi connectivity index (χ0v) is 15.3. The van der Waals surface area contributed by atoms with Gasteiger partial charge in [-0.3, -0.25) is 15.0 Å². The zero-order chi connectivity index (χ0) is 17.9. The predicted octanol–water partition coefficient (Wildman–Crippen LogP) is 2.86. The van der Waals surface area contributed by atoms with E-state index in [1.54, 1.807) is 12.3 Å². The molecule has 0 bridgehead atoms. The number of pyridine rings is 1. The van der Waals surface area contributed by atoms with Gasteiger partial charge in [0.15, 0.2) is 5.13 Å². The number of nitrogens with one attached hydrogen (secondary N) is 1. The summed E-state index contributed by atoms with van der Waals surface area (Å²) in [6.07, 6.45) is 7.69. The summed E-state index contributed by atoms with van der Waals surface area (Å²) in [5.74, 6) is -0.226. The number of nitrogens with zero attached hydrogens (tertiary/aromatic N) is 5. The van der Waals surface area contributed by atoms with Crippen molar-refractivity contribution in [1.82, 2.24) is 24.4 Å². The first-order chi connectivity index (χ1) is 12.7. The summed E-state index contributed by atoms with van der Waals surface area (Å²) in [5, 5.41) is 5.20. The number of carbonyl (C=O) groups excluding carboxylic acids is 1. The quantitative estimate of drug-likeness (QED) is 0.749. The van der Waals surface area contributed by atoms with Gasteiger partial charge in [-0.2, -0.15) is 0 Å². The van der Waals surface area contributed by atoms with Crippen LogP contribution in [-0.4, -0.2) is 36.9 Å². The first-order valence-electron chi connectivity index (χ1n) is 8.58. The third-order valence-electron chi connectivity index (χ3n) is 4.48. The van der Waals surface area contributed by atoms with Crippen molar-refractivity contribution in [2.24, 2.45) is 7.05 Å². The molecular formula is C18H20N6OS. The normalized spacial score (nSPS) is 17.5. The molecule has 26 heavy (non-hydrogen) atoms. The second kappa shape index (κ2) is 7.35. The van der Waals surface area contributed by atoms with E-state index in [-0.39, 0.29) is 11.9 Å². The Labute approximate surface area is 155 Å². The lowest BCUT2D eigenvalue weighted by atomic mass is 10.1. The molecule has 4 rings (SSSR count). The van der Waals surface area contributed by atoms with Crippen LogP contribution < -0.4 is 5.32 Å². The number of aryl methyl sites for hydroxylation is 1. The molecule has 1 saturated heterocycles. The highest BCUT2D eigenvalue weighted by Crippen LogP contribution is 2.32. The molecule has 0 spiro atoms. The van der Waals surface area contributed by atoms with Crippen LogP contribution in [0.25, 0.3) is 0 Å². The number of rotatable bonds is 5. The number of carbonyl (C=O) groups is 1. The van der Waals surface area contributed by atoms with Crippen LogP contribution in [0.1, 0.15) is 40.8 Å². The molecule has 1 atom stereocenters. The van der Waals surface area contributed by atoms with Crippen molar-refractivity contribution in [3.63, 3.8) is 0 Å². The molecule has 0 aliphatic carbocycles. The van der Waals surface area contributed by atoms with Gasteiger partial charge in [0.2, 0.25) is 0 Å². The van der Waals surface area contributed by atoms with Crippen LogP contribution in [0.5, 0.6) is 0 Å². The fourth-order valence-corrected chi connectivity index (χ4v) is 3.84. The number of anilines is 1. The molecular weight excluding hydrogens is 348 g/mol. The summed E-state index contributed by atoms with van der Waals surface area (Å²) in [4.78, 5) is 27.9. The number of imidazole rings is 1. The third kappa shape index (κ3) is 3.66. The number of amides is 1. The van der Waals surface area contributed by atoms with Gasteiger partial charge in [-0.25, -0.2) is 15.0 Å². The van der Waals surface area contributed by atoms with Gasteiger partial charge >= 0.3 is 0 Å². The Bertz CT molecular complexity index is 891. The summed E-state index contributed by atoms with van der Waals surface area (Å²) in [5.41, 5.74) is 2.41. The van der Waals surface area contributed by atoms with Crippen LogP contribution in [0.15, 0.2) is 42.3 Å². The van der Waals surface area contributed by atoms with E-state index in [2.05, 4.69) is 25.2 Å². The number of thiazole rings is 1. The predicted molar refractivity (Wildman–Crippen MR) is 99.9 cm³/mol. The average molecular weight is 368 g/mol. The fraction of sp³-hybridized carbons (Fsp3) is 0.333. The first-order valence-corrected chi connectivity index (χ1v) is 9.46. The van der Waals surface area contributed by atoms with E-state index in [4.69, 9.17) is 0 Å². The Kier molecular flexibility index (Phi) is 4.77. The van der Waals surface area contributed by atoms with Crippen LogP contribution >= 0.6 is 11.3 Å². The molecule has 8 heteroatoms.